The summed E-state index contributed by atoms with van der Waals surface area (Å²) in [5.41, 5.74) is 4.90. The van der Waals surface area contributed by atoms with Crippen LogP contribution in [0.2, 0.25) is 0 Å². The first-order valence-corrected chi connectivity index (χ1v) is 8.47. The minimum Gasteiger partial charge on any atom is -0.494 e. The summed E-state index contributed by atoms with van der Waals surface area (Å²) < 4.78 is 5.36. The highest BCUT2D eigenvalue weighted by Crippen LogP contribution is 2.42. The fraction of sp³-hybridized carbons (Fsp3) is 0.381. The minimum absolute atomic E-state index is 0.194. The molecule has 2 aromatic rings. The van der Waals surface area contributed by atoms with Crippen LogP contribution in [0.3, 0.4) is 0 Å². The molecule has 1 atom stereocenters. The van der Waals surface area contributed by atoms with Crippen molar-refractivity contribution in [3.63, 3.8) is 0 Å². The number of hydrogen-bond acceptors (Lipinski definition) is 3. The number of rotatable bonds is 3. The molecule has 0 saturated carbocycles. The molecule has 126 valence electrons. The van der Waals surface area contributed by atoms with Gasteiger partial charge >= 0.3 is 0 Å². The number of para-hydroxylation sites is 2. The Morgan fingerprint density at radius 3 is 2.71 bits per heavy atom. The number of ether oxygens (including phenoxy) is 1. The van der Waals surface area contributed by atoms with E-state index in [9.17, 15) is 0 Å². The largest absolute Gasteiger partial charge is 0.494 e. The second kappa shape index (κ2) is 6.31. The highest BCUT2D eigenvalue weighted by Gasteiger charge is 2.33. The second-order valence-corrected chi connectivity index (χ2v) is 7.22. The SMILES string of the molecule is COc1ccccc1N=Cc1ccc2c(c1)[C@H](C)CC(C)(C)N2C. The Morgan fingerprint density at radius 2 is 1.96 bits per heavy atom. The summed E-state index contributed by atoms with van der Waals surface area (Å²) in [7, 11) is 3.86. The summed E-state index contributed by atoms with van der Waals surface area (Å²) in [6, 6.07) is 14.5. The van der Waals surface area contributed by atoms with Gasteiger partial charge in [0.25, 0.3) is 0 Å². The Balaban J connectivity index is 1.92. The summed E-state index contributed by atoms with van der Waals surface area (Å²) >= 11 is 0. The standard InChI is InChI=1S/C21H26N2O/c1-15-13-21(2,3)23(4)19-11-10-16(12-17(15)19)14-22-18-8-6-7-9-20(18)24-5/h6-12,14-15H,13H2,1-5H3/t15-/m1/s1. The third-order valence-electron chi connectivity index (χ3n) is 5.10. The minimum atomic E-state index is 0.194. The van der Waals surface area contributed by atoms with Crippen LogP contribution in [0.5, 0.6) is 5.75 Å². The van der Waals surface area contributed by atoms with Gasteiger partial charge in [0.2, 0.25) is 0 Å². The molecule has 0 spiro atoms. The first kappa shape index (κ1) is 16.6. The fourth-order valence-electron chi connectivity index (χ4n) is 3.56. The highest BCUT2D eigenvalue weighted by atomic mass is 16.5. The molecule has 2 aromatic carbocycles. The zero-order chi connectivity index (χ0) is 17.3. The Labute approximate surface area is 145 Å². The third kappa shape index (κ3) is 3.03. The van der Waals surface area contributed by atoms with Gasteiger partial charge in [-0.25, -0.2) is 0 Å². The van der Waals surface area contributed by atoms with E-state index in [1.54, 1.807) is 7.11 Å². The zero-order valence-electron chi connectivity index (χ0n) is 15.2. The number of aliphatic imine (C=N–C) groups is 1. The monoisotopic (exact) mass is 322 g/mol. The van der Waals surface area contributed by atoms with Gasteiger partial charge in [0, 0.05) is 24.5 Å². The first-order chi connectivity index (χ1) is 11.4. The van der Waals surface area contributed by atoms with Crippen molar-refractivity contribution in [2.75, 3.05) is 19.1 Å². The zero-order valence-corrected chi connectivity index (χ0v) is 15.2. The molecule has 0 aromatic heterocycles. The lowest BCUT2D eigenvalue weighted by atomic mass is 9.80. The van der Waals surface area contributed by atoms with Crippen molar-refractivity contribution in [3.05, 3.63) is 53.6 Å². The van der Waals surface area contributed by atoms with E-state index < -0.39 is 0 Å². The maximum absolute atomic E-state index is 5.36. The van der Waals surface area contributed by atoms with Gasteiger partial charge in [0.1, 0.15) is 11.4 Å². The van der Waals surface area contributed by atoms with Gasteiger partial charge in [-0.05, 0) is 61.6 Å². The molecular formula is C21H26N2O. The van der Waals surface area contributed by atoms with E-state index in [4.69, 9.17) is 4.74 Å². The van der Waals surface area contributed by atoms with E-state index >= 15 is 0 Å². The average molecular weight is 322 g/mol. The Bertz CT molecular complexity index is 764. The summed E-state index contributed by atoms with van der Waals surface area (Å²) in [6.45, 7) is 6.93. The van der Waals surface area contributed by atoms with E-state index in [0.29, 0.717) is 5.92 Å². The average Bonchev–Trinajstić information content (AvgIpc) is 2.58. The van der Waals surface area contributed by atoms with Crippen molar-refractivity contribution >= 4 is 17.6 Å². The number of methoxy groups -OCH3 is 1. The number of benzene rings is 2. The number of fused-ring (bicyclic) bond motifs is 1. The third-order valence-corrected chi connectivity index (χ3v) is 5.10. The molecular weight excluding hydrogens is 296 g/mol. The summed E-state index contributed by atoms with van der Waals surface area (Å²) in [5.74, 6) is 1.34. The van der Waals surface area contributed by atoms with Gasteiger partial charge in [0.05, 0.1) is 7.11 Å². The van der Waals surface area contributed by atoms with Gasteiger partial charge in [0.15, 0.2) is 0 Å². The van der Waals surface area contributed by atoms with Crippen molar-refractivity contribution in [2.45, 2.75) is 38.6 Å². The van der Waals surface area contributed by atoms with Crippen LogP contribution < -0.4 is 9.64 Å². The molecule has 0 bridgehead atoms. The second-order valence-electron chi connectivity index (χ2n) is 7.22. The first-order valence-electron chi connectivity index (χ1n) is 8.47. The van der Waals surface area contributed by atoms with Crippen molar-refractivity contribution in [3.8, 4) is 5.75 Å². The predicted octanol–water partition coefficient (Wildman–Crippen LogP) is 5.17. The molecule has 0 N–H and O–H groups in total. The number of nitrogens with zero attached hydrogens (tertiary/aromatic N) is 2. The van der Waals surface area contributed by atoms with Gasteiger partial charge in [-0.2, -0.15) is 0 Å². The van der Waals surface area contributed by atoms with Gasteiger partial charge in [-0.15, -0.1) is 0 Å². The van der Waals surface area contributed by atoms with Crippen molar-refractivity contribution in [1.82, 2.24) is 0 Å². The lowest BCUT2D eigenvalue weighted by Crippen LogP contribution is -2.45. The lowest BCUT2D eigenvalue weighted by molar-refractivity contribution is 0.395. The highest BCUT2D eigenvalue weighted by molar-refractivity contribution is 5.84. The van der Waals surface area contributed by atoms with Gasteiger partial charge < -0.3 is 9.64 Å². The predicted molar refractivity (Wildman–Crippen MR) is 102 cm³/mol. The lowest BCUT2D eigenvalue weighted by Gasteiger charge is -2.45. The smallest absolute Gasteiger partial charge is 0.144 e. The van der Waals surface area contributed by atoms with Crippen LogP contribution >= 0.6 is 0 Å². The van der Waals surface area contributed by atoms with Crippen LogP contribution in [-0.2, 0) is 0 Å². The van der Waals surface area contributed by atoms with Crippen molar-refractivity contribution < 1.29 is 4.74 Å². The number of anilines is 1. The molecule has 1 heterocycles. The normalized spacial score (nSPS) is 19.4. The fourth-order valence-corrected chi connectivity index (χ4v) is 3.56. The van der Waals surface area contributed by atoms with Crippen LogP contribution in [0.15, 0.2) is 47.5 Å². The van der Waals surface area contributed by atoms with Crippen LogP contribution in [0.1, 0.15) is 44.2 Å². The Kier molecular flexibility index (Phi) is 4.35. The summed E-state index contributed by atoms with van der Waals surface area (Å²) in [6.07, 6.45) is 3.08. The van der Waals surface area contributed by atoms with Crippen LogP contribution in [-0.4, -0.2) is 25.9 Å². The molecule has 0 fully saturated rings. The number of hydrogen-bond donors (Lipinski definition) is 0. The van der Waals surface area contributed by atoms with E-state index in [-0.39, 0.29) is 5.54 Å². The van der Waals surface area contributed by atoms with Crippen molar-refractivity contribution in [1.29, 1.82) is 0 Å². The quantitative estimate of drug-likeness (QED) is 0.728. The van der Waals surface area contributed by atoms with Crippen molar-refractivity contribution in [2.24, 2.45) is 4.99 Å². The van der Waals surface area contributed by atoms with E-state index in [1.807, 2.05) is 30.5 Å². The topological polar surface area (TPSA) is 24.8 Å². The molecule has 0 aliphatic carbocycles. The maximum Gasteiger partial charge on any atom is 0.144 e. The summed E-state index contributed by atoms with van der Waals surface area (Å²) in [4.78, 5) is 7.00. The molecule has 1 aliphatic rings. The van der Waals surface area contributed by atoms with Crippen LogP contribution in [0.25, 0.3) is 0 Å². The molecule has 0 saturated heterocycles. The molecule has 3 heteroatoms. The van der Waals surface area contributed by atoms with E-state index in [0.717, 1.165) is 23.4 Å². The molecule has 3 nitrogen and oxygen atoms in total. The summed E-state index contributed by atoms with van der Waals surface area (Å²) in [5, 5.41) is 0. The molecule has 3 rings (SSSR count). The molecule has 0 radical (unpaired) electrons. The Hall–Kier alpha value is -2.29. The van der Waals surface area contributed by atoms with E-state index in [2.05, 4.69) is 55.9 Å². The molecule has 0 unspecified atom stereocenters. The maximum atomic E-state index is 5.36. The molecule has 24 heavy (non-hydrogen) atoms. The van der Waals surface area contributed by atoms with Crippen LogP contribution in [0.4, 0.5) is 11.4 Å². The van der Waals surface area contributed by atoms with E-state index in [1.165, 1.54) is 11.3 Å². The van der Waals surface area contributed by atoms with Gasteiger partial charge in [-0.3, -0.25) is 4.99 Å². The van der Waals surface area contributed by atoms with Gasteiger partial charge in [-0.1, -0.05) is 25.1 Å². The molecule has 0 amide bonds. The van der Waals surface area contributed by atoms with Crippen LogP contribution in [0, 0.1) is 0 Å². The Morgan fingerprint density at radius 1 is 1.21 bits per heavy atom. The molecule has 1 aliphatic heterocycles.